The zero-order chi connectivity index (χ0) is 20.4. The smallest absolute Gasteiger partial charge is 0.295 e. The molecule has 0 spiro atoms. The van der Waals surface area contributed by atoms with E-state index in [9.17, 15) is 9.59 Å². The van der Waals surface area contributed by atoms with Crippen LogP contribution in [0.5, 0.6) is 5.75 Å². The van der Waals surface area contributed by atoms with E-state index in [0.717, 1.165) is 14.6 Å². The summed E-state index contributed by atoms with van der Waals surface area (Å²) in [5, 5.41) is 2.72. The highest BCUT2D eigenvalue weighted by molar-refractivity contribution is 9.11. The van der Waals surface area contributed by atoms with Crippen molar-refractivity contribution in [2.45, 2.75) is 20.0 Å². The summed E-state index contributed by atoms with van der Waals surface area (Å²) in [6.07, 6.45) is -0.790. The van der Waals surface area contributed by atoms with Gasteiger partial charge < -0.3 is 10.1 Å². The molecule has 3 aromatic rings. The van der Waals surface area contributed by atoms with Gasteiger partial charge >= 0.3 is 0 Å². The van der Waals surface area contributed by atoms with E-state index < -0.39 is 12.0 Å². The molecule has 1 amide bonds. The van der Waals surface area contributed by atoms with Crippen LogP contribution < -0.4 is 15.6 Å². The number of anilines is 1. The van der Waals surface area contributed by atoms with Gasteiger partial charge in [-0.25, -0.2) is 4.68 Å². The van der Waals surface area contributed by atoms with Gasteiger partial charge in [0, 0.05) is 11.5 Å². The quantitative estimate of drug-likeness (QED) is 0.555. The summed E-state index contributed by atoms with van der Waals surface area (Å²) in [6.45, 7) is 3.42. The highest BCUT2D eigenvalue weighted by Gasteiger charge is 2.22. The number of rotatable bonds is 5. The molecule has 146 valence electrons. The maximum absolute atomic E-state index is 12.9. The molecule has 1 heterocycles. The van der Waals surface area contributed by atoms with Crippen LogP contribution >= 0.6 is 31.9 Å². The Hall–Kier alpha value is -2.32. The lowest BCUT2D eigenvalue weighted by molar-refractivity contribution is -0.122. The lowest BCUT2D eigenvalue weighted by Gasteiger charge is -2.15. The van der Waals surface area contributed by atoms with Crippen molar-refractivity contribution in [2.24, 2.45) is 7.05 Å². The first-order valence-electron chi connectivity index (χ1n) is 8.56. The second-order valence-electron chi connectivity index (χ2n) is 6.26. The molecule has 1 atom stereocenters. The molecule has 0 saturated carbocycles. The normalized spacial score (nSPS) is 11.9. The van der Waals surface area contributed by atoms with Crippen molar-refractivity contribution in [2.75, 3.05) is 5.32 Å². The summed E-state index contributed by atoms with van der Waals surface area (Å²) < 4.78 is 10.6. The first kappa shape index (κ1) is 20.4. The van der Waals surface area contributed by atoms with Gasteiger partial charge in [0.2, 0.25) is 0 Å². The lowest BCUT2D eigenvalue weighted by Crippen LogP contribution is -2.32. The zero-order valence-corrected chi connectivity index (χ0v) is 18.7. The van der Waals surface area contributed by atoms with Gasteiger partial charge in [-0.05, 0) is 60.1 Å². The number of ether oxygens (including phenoxy) is 1. The predicted octanol–water partition coefficient (Wildman–Crippen LogP) is 4.42. The van der Waals surface area contributed by atoms with Gasteiger partial charge in [0.25, 0.3) is 11.5 Å². The van der Waals surface area contributed by atoms with Crippen molar-refractivity contribution < 1.29 is 9.53 Å². The number of benzene rings is 2. The van der Waals surface area contributed by atoms with Crippen molar-refractivity contribution in [3.8, 4) is 11.4 Å². The molecule has 1 aromatic heterocycles. The molecule has 1 unspecified atom stereocenters. The molecule has 28 heavy (non-hydrogen) atoms. The molecule has 0 aliphatic rings. The average Bonchev–Trinajstić information content (AvgIpc) is 2.88. The molecule has 8 heteroatoms. The van der Waals surface area contributed by atoms with Crippen LogP contribution in [0.1, 0.15) is 12.6 Å². The van der Waals surface area contributed by atoms with Crippen molar-refractivity contribution in [3.63, 3.8) is 0 Å². The molecule has 0 bridgehead atoms. The molecular weight excluding hydrogens is 490 g/mol. The van der Waals surface area contributed by atoms with E-state index in [4.69, 9.17) is 4.74 Å². The SMILES string of the molecule is Cc1c(NC(=O)C(C)Oc2ccc(Br)cc2Br)c(=O)n(-c2ccccc2)n1C. The van der Waals surface area contributed by atoms with E-state index in [1.54, 1.807) is 31.6 Å². The molecule has 1 N–H and O–H groups in total. The fourth-order valence-electron chi connectivity index (χ4n) is 2.75. The van der Waals surface area contributed by atoms with Gasteiger partial charge in [0.05, 0.1) is 15.9 Å². The lowest BCUT2D eigenvalue weighted by atomic mass is 10.3. The number of aromatic nitrogens is 2. The van der Waals surface area contributed by atoms with Crippen LogP contribution in [0.4, 0.5) is 5.69 Å². The second kappa shape index (κ2) is 8.36. The molecule has 0 radical (unpaired) electrons. The summed E-state index contributed by atoms with van der Waals surface area (Å²) in [5.74, 6) is 0.137. The van der Waals surface area contributed by atoms with Crippen LogP contribution in [0.25, 0.3) is 5.69 Å². The third-order valence-electron chi connectivity index (χ3n) is 4.37. The van der Waals surface area contributed by atoms with E-state index in [1.807, 2.05) is 42.5 Å². The van der Waals surface area contributed by atoms with Gasteiger partial charge in [-0.15, -0.1) is 0 Å². The minimum absolute atomic E-state index is 0.238. The van der Waals surface area contributed by atoms with Crippen LogP contribution in [0.3, 0.4) is 0 Å². The standard InChI is InChI=1S/C20H19Br2N3O3/c1-12-18(20(27)25(24(12)3)15-7-5-4-6-8-15)23-19(26)13(2)28-17-10-9-14(21)11-16(17)22/h4-11,13H,1-3H3,(H,23,26). The van der Waals surface area contributed by atoms with Crippen molar-refractivity contribution in [1.29, 1.82) is 0 Å². The van der Waals surface area contributed by atoms with E-state index in [0.29, 0.717) is 11.4 Å². The van der Waals surface area contributed by atoms with Gasteiger partial charge in [-0.3, -0.25) is 14.3 Å². The third kappa shape index (κ3) is 4.07. The number of hydrogen-bond donors (Lipinski definition) is 1. The number of carbonyl (C=O) groups excluding carboxylic acids is 1. The fraction of sp³-hybridized carbons (Fsp3) is 0.200. The Morgan fingerprint density at radius 2 is 1.82 bits per heavy atom. The Morgan fingerprint density at radius 1 is 1.14 bits per heavy atom. The van der Waals surface area contributed by atoms with Crippen LogP contribution in [-0.2, 0) is 11.8 Å². The van der Waals surface area contributed by atoms with Gasteiger partial charge in [0.1, 0.15) is 11.4 Å². The van der Waals surface area contributed by atoms with Crippen LogP contribution in [0.2, 0.25) is 0 Å². The Balaban J connectivity index is 1.83. The summed E-state index contributed by atoms with van der Waals surface area (Å²) in [6, 6.07) is 14.7. The first-order chi connectivity index (χ1) is 13.3. The Morgan fingerprint density at radius 3 is 2.46 bits per heavy atom. The molecule has 0 saturated heterocycles. The van der Waals surface area contributed by atoms with Crippen LogP contribution in [-0.4, -0.2) is 21.4 Å². The fourth-order valence-corrected chi connectivity index (χ4v) is 3.89. The first-order valence-corrected chi connectivity index (χ1v) is 10.1. The summed E-state index contributed by atoms with van der Waals surface area (Å²) >= 11 is 6.79. The van der Waals surface area contributed by atoms with Crippen molar-refractivity contribution in [1.82, 2.24) is 9.36 Å². The highest BCUT2D eigenvalue weighted by Crippen LogP contribution is 2.29. The number of hydrogen-bond acceptors (Lipinski definition) is 3. The summed E-state index contributed by atoms with van der Waals surface area (Å²) in [5.41, 5.74) is 1.32. The Labute approximate surface area is 179 Å². The number of nitrogens with zero attached hydrogens (tertiary/aromatic N) is 2. The van der Waals surface area contributed by atoms with E-state index in [2.05, 4.69) is 37.2 Å². The third-order valence-corrected chi connectivity index (χ3v) is 5.48. The average molecular weight is 509 g/mol. The molecular formula is C20H19Br2N3O3. The highest BCUT2D eigenvalue weighted by atomic mass is 79.9. The van der Waals surface area contributed by atoms with Crippen molar-refractivity contribution >= 4 is 43.5 Å². The molecule has 0 fully saturated rings. The van der Waals surface area contributed by atoms with E-state index in [1.165, 1.54) is 4.68 Å². The van der Waals surface area contributed by atoms with Gasteiger partial charge in [-0.2, -0.15) is 0 Å². The molecule has 2 aromatic carbocycles. The minimum Gasteiger partial charge on any atom is -0.480 e. The van der Waals surface area contributed by atoms with Crippen LogP contribution in [0, 0.1) is 6.92 Å². The topological polar surface area (TPSA) is 65.3 Å². The molecule has 6 nitrogen and oxygen atoms in total. The number of halogens is 2. The van der Waals surface area contributed by atoms with Crippen molar-refractivity contribution in [3.05, 3.63) is 73.5 Å². The molecule has 3 rings (SSSR count). The Bertz CT molecular complexity index is 1070. The second-order valence-corrected chi connectivity index (χ2v) is 8.03. The summed E-state index contributed by atoms with van der Waals surface area (Å²) in [4.78, 5) is 25.5. The largest absolute Gasteiger partial charge is 0.480 e. The van der Waals surface area contributed by atoms with Gasteiger partial charge in [0.15, 0.2) is 6.10 Å². The summed E-state index contributed by atoms with van der Waals surface area (Å²) in [7, 11) is 1.78. The maximum Gasteiger partial charge on any atom is 0.295 e. The number of nitrogens with one attached hydrogen (secondary N) is 1. The minimum atomic E-state index is -0.790. The number of para-hydroxylation sites is 1. The zero-order valence-electron chi connectivity index (χ0n) is 15.6. The van der Waals surface area contributed by atoms with Crippen LogP contribution in [0.15, 0.2) is 62.3 Å². The van der Waals surface area contributed by atoms with E-state index >= 15 is 0 Å². The molecule has 0 aliphatic heterocycles. The number of carbonyl (C=O) groups is 1. The van der Waals surface area contributed by atoms with Gasteiger partial charge in [-0.1, -0.05) is 34.1 Å². The van der Waals surface area contributed by atoms with E-state index in [-0.39, 0.29) is 11.2 Å². The maximum atomic E-state index is 12.9. The Kier molecular flexibility index (Phi) is 6.10. The monoisotopic (exact) mass is 507 g/mol. The predicted molar refractivity (Wildman–Crippen MR) is 116 cm³/mol. The number of amides is 1. The molecule has 0 aliphatic carbocycles.